The molecule has 0 aliphatic carbocycles. The lowest BCUT2D eigenvalue weighted by atomic mass is 10.1. The highest BCUT2D eigenvalue weighted by Gasteiger charge is 2.16. The number of aryl methyl sites for hydroxylation is 1. The van der Waals surface area contributed by atoms with Gasteiger partial charge in [0.1, 0.15) is 11.6 Å². The molecule has 1 amide bonds. The standard InChI is InChI=1S/C20H18F3N3O2/c1-12-18(13(2)26(25-12)16-8-6-14(21)7-9-16)11-19(27)24-15-4-3-5-17(10-15)28-20(22)23/h3-10,20H,11H2,1-2H3,(H,24,27). The van der Waals surface area contributed by atoms with Gasteiger partial charge in [0.05, 0.1) is 17.8 Å². The zero-order valence-electron chi connectivity index (χ0n) is 15.2. The highest BCUT2D eigenvalue weighted by Crippen LogP contribution is 2.21. The molecular formula is C20H18F3N3O2. The number of anilines is 1. The number of ether oxygens (including phenoxy) is 1. The zero-order chi connectivity index (χ0) is 20.3. The molecule has 0 bridgehead atoms. The number of benzene rings is 2. The molecule has 0 saturated heterocycles. The van der Waals surface area contributed by atoms with Crippen molar-refractivity contribution in [1.29, 1.82) is 0 Å². The zero-order valence-corrected chi connectivity index (χ0v) is 15.2. The van der Waals surface area contributed by atoms with Crippen LogP contribution in [0.2, 0.25) is 0 Å². The predicted octanol–water partition coefficient (Wildman–Crippen LogP) is 4.41. The lowest BCUT2D eigenvalue weighted by Crippen LogP contribution is -2.15. The van der Waals surface area contributed by atoms with Crippen LogP contribution in [-0.2, 0) is 11.2 Å². The van der Waals surface area contributed by atoms with Crippen molar-refractivity contribution in [3.05, 3.63) is 71.3 Å². The third kappa shape index (κ3) is 4.51. The molecule has 5 nitrogen and oxygen atoms in total. The van der Waals surface area contributed by atoms with Crippen LogP contribution in [0.15, 0.2) is 48.5 Å². The molecule has 3 rings (SSSR count). The van der Waals surface area contributed by atoms with Crippen LogP contribution in [0.5, 0.6) is 5.75 Å². The fraction of sp³-hybridized carbons (Fsp3) is 0.200. The van der Waals surface area contributed by atoms with Gasteiger partial charge in [0.15, 0.2) is 0 Å². The minimum absolute atomic E-state index is 0.0377. The van der Waals surface area contributed by atoms with Crippen LogP contribution in [0, 0.1) is 19.7 Å². The first-order valence-corrected chi connectivity index (χ1v) is 8.49. The molecular weight excluding hydrogens is 371 g/mol. The predicted molar refractivity (Wildman–Crippen MR) is 98.4 cm³/mol. The molecule has 0 aliphatic heterocycles. The van der Waals surface area contributed by atoms with Crippen LogP contribution >= 0.6 is 0 Å². The summed E-state index contributed by atoms with van der Waals surface area (Å²) in [6.45, 7) is 0.670. The third-order valence-electron chi connectivity index (χ3n) is 4.19. The van der Waals surface area contributed by atoms with E-state index >= 15 is 0 Å². The van der Waals surface area contributed by atoms with Gasteiger partial charge < -0.3 is 10.1 Å². The van der Waals surface area contributed by atoms with E-state index in [4.69, 9.17) is 0 Å². The molecule has 0 atom stereocenters. The molecule has 1 aromatic heterocycles. The first-order valence-electron chi connectivity index (χ1n) is 8.49. The normalized spacial score (nSPS) is 10.9. The Balaban J connectivity index is 1.75. The van der Waals surface area contributed by atoms with Gasteiger partial charge in [-0.05, 0) is 50.2 Å². The molecule has 0 aliphatic rings. The van der Waals surface area contributed by atoms with E-state index in [0.717, 1.165) is 11.3 Å². The van der Waals surface area contributed by atoms with E-state index in [1.165, 1.54) is 30.3 Å². The SMILES string of the molecule is Cc1nn(-c2ccc(F)cc2)c(C)c1CC(=O)Nc1cccc(OC(F)F)c1. The number of alkyl halides is 2. The van der Waals surface area contributed by atoms with E-state index in [9.17, 15) is 18.0 Å². The van der Waals surface area contributed by atoms with E-state index in [1.807, 2.05) is 6.92 Å². The molecule has 28 heavy (non-hydrogen) atoms. The number of halogens is 3. The molecule has 0 radical (unpaired) electrons. The average Bonchev–Trinajstić information content (AvgIpc) is 2.90. The molecule has 0 unspecified atom stereocenters. The lowest BCUT2D eigenvalue weighted by molar-refractivity contribution is -0.115. The fourth-order valence-electron chi connectivity index (χ4n) is 2.88. The largest absolute Gasteiger partial charge is 0.435 e. The van der Waals surface area contributed by atoms with E-state index < -0.39 is 6.61 Å². The number of nitrogens with one attached hydrogen (secondary N) is 1. The number of rotatable bonds is 6. The molecule has 2 aromatic carbocycles. The molecule has 8 heteroatoms. The van der Waals surface area contributed by atoms with Crippen molar-refractivity contribution in [2.75, 3.05) is 5.32 Å². The van der Waals surface area contributed by atoms with Gasteiger partial charge in [-0.3, -0.25) is 4.79 Å². The molecule has 1 heterocycles. The number of amides is 1. The molecule has 0 spiro atoms. The van der Waals surface area contributed by atoms with Gasteiger partial charge >= 0.3 is 6.61 Å². The quantitative estimate of drug-likeness (QED) is 0.679. The highest BCUT2D eigenvalue weighted by atomic mass is 19.3. The molecule has 0 fully saturated rings. The van der Waals surface area contributed by atoms with Crippen molar-refractivity contribution in [3.63, 3.8) is 0 Å². The van der Waals surface area contributed by atoms with Crippen molar-refractivity contribution in [3.8, 4) is 11.4 Å². The first kappa shape index (κ1) is 19.5. The van der Waals surface area contributed by atoms with Gasteiger partial charge in [-0.15, -0.1) is 0 Å². The molecule has 3 aromatic rings. The highest BCUT2D eigenvalue weighted by molar-refractivity contribution is 5.92. The van der Waals surface area contributed by atoms with Gasteiger partial charge in [-0.2, -0.15) is 13.9 Å². The van der Waals surface area contributed by atoms with Crippen molar-refractivity contribution < 1.29 is 22.7 Å². The summed E-state index contributed by atoms with van der Waals surface area (Å²) in [5, 5.41) is 7.09. The Morgan fingerprint density at radius 3 is 2.57 bits per heavy atom. The van der Waals surface area contributed by atoms with Crippen LogP contribution in [0.4, 0.5) is 18.9 Å². The summed E-state index contributed by atoms with van der Waals surface area (Å²) in [7, 11) is 0. The summed E-state index contributed by atoms with van der Waals surface area (Å²) in [6, 6.07) is 11.7. The first-order chi connectivity index (χ1) is 13.3. The van der Waals surface area contributed by atoms with E-state index in [2.05, 4.69) is 15.2 Å². The van der Waals surface area contributed by atoms with Gasteiger partial charge in [-0.25, -0.2) is 9.07 Å². The van der Waals surface area contributed by atoms with E-state index in [0.29, 0.717) is 17.1 Å². The minimum Gasteiger partial charge on any atom is -0.435 e. The van der Waals surface area contributed by atoms with Crippen molar-refractivity contribution in [2.24, 2.45) is 0 Å². The Hall–Kier alpha value is -3.29. The second-order valence-electron chi connectivity index (χ2n) is 6.17. The maximum atomic E-state index is 13.1. The van der Waals surface area contributed by atoms with Crippen LogP contribution in [0.1, 0.15) is 17.0 Å². The Morgan fingerprint density at radius 1 is 1.18 bits per heavy atom. The molecule has 146 valence electrons. The summed E-state index contributed by atoms with van der Waals surface area (Å²) in [4.78, 5) is 12.4. The summed E-state index contributed by atoms with van der Waals surface area (Å²) in [6.07, 6.45) is 0.0544. The van der Waals surface area contributed by atoms with Crippen LogP contribution < -0.4 is 10.1 Å². The monoisotopic (exact) mass is 389 g/mol. The number of aromatic nitrogens is 2. The van der Waals surface area contributed by atoms with Gasteiger partial charge in [0.2, 0.25) is 5.91 Å². The second kappa shape index (κ2) is 8.16. The minimum atomic E-state index is -2.94. The van der Waals surface area contributed by atoms with Gasteiger partial charge in [0, 0.05) is 23.0 Å². The molecule has 0 saturated carbocycles. The number of nitrogens with zero attached hydrogens (tertiary/aromatic N) is 2. The van der Waals surface area contributed by atoms with Crippen LogP contribution in [0.25, 0.3) is 5.69 Å². The van der Waals surface area contributed by atoms with E-state index in [-0.39, 0.29) is 23.9 Å². The average molecular weight is 389 g/mol. The number of carbonyl (C=O) groups is 1. The fourth-order valence-corrected chi connectivity index (χ4v) is 2.88. The van der Waals surface area contributed by atoms with Crippen molar-refractivity contribution >= 4 is 11.6 Å². The van der Waals surface area contributed by atoms with Crippen LogP contribution in [0.3, 0.4) is 0 Å². The summed E-state index contributed by atoms with van der Waals surface area (Å²) in [5.74, 6) is -0.703. The Morgan fingerprint density at radius 2 is 1.89 bits per heavy atom. The van der Waals surface area contributed by atoms with Crippen LogP contribution in [-0.4, -0.2) is 22.3 Å². The van der Waals surface area contributed by atoms with Gasteiger partial charge in [0.25, 0.3) is 0 Å². The Kier molecular flexibility index (Phi) is 5.67. The van der Waals surface area contributed by atoms with Crippen molar-refractivity contribution in [1.82, 2.24) is 9.78 Å². The molecule has 1 N–H and O–H groups in total. The second-order valence-corrected chi connectivity index (χ2v) is 6.17. The van der Waals surface area contributed by atoms with Crippen molar-refractivity contribution in [2.45, 2.75) is 26.9 Å². The topological polar surface area (TPSA) is 56.2 Å². The van der Waals surface area contributed by atoms with E-state index in [1.54, 1.807) is 29.8 Å². The number of hydrogen-bond donors (Lipinski definition) is 1. The smallest absolute Gasteiger partial charge is 0.387 e. The number of carbonyl (C=O) groups excluding carboxylic acids is 1. The summed E-state index contributed by atoms with van der Waals surface area (Å²) in [5.41, 5.74) is 3.21. The summed E-state index contributed by atoms with van der Waals surface area (Å²) >= 11 is 0. The van der Waals surface area contributed by atoms with Gasteiger partial charge in [-0.1, -0.05) is 6.07 Å². The summed E-state index contributed by atoms with van der Waals surface area (Å²) < 4.78 is 43.7. The Bertz CT molecular complexity index is 985. The number of hydrogen-bond acceptors (Lipinski definition) is 3. The maximum absolute atomic E-state index is 13.1. The lowest BCUT2D eigenvalue weighted by Gasteiger charge is -2.09. The maximum Gasteiger partial charge on any atom is 0.387 e. The third-order valence-corrected chi connectivity index (χ3v) is 4.19. The Labute approximate surface area is 159 Å².